The molecule has 5 N–H and O–H groups in total. The molecule has 15 heteroatoms. The molecule has 4 rings (SSSR count). The van der Waals surface area contributed by atoms with E-state index in [2.05, 4.69) is 15.5 Å². The van der Waals surface area contributed by atoms with Gasteiger partial charge in [-0.05, 0) is 68.4 Å². The minimum atomic E-state index is -4.81. The largest absolute Gasteiger partial charge is 0.367 e. The molecule has 0 radical (unpaired) electrons. The first kappa shape index (κ1) is 28.3. The van der Waals surface area contributed by atoms with Gasteiger partial charge in [-0.25, -0.2) is 8.42 Å². The summed E-state index contributed by atoms with van der Waals surface area (Å²) in [5.74, 6) is 1.07. The molecule has 0 unspecified atom stereocenters. The number of nitrogens with zero attached hydrogens (tertiary/aromatic N) is 4. The van der Waals surface area contributed by atoms with Crippen molar-refractivity contribution < 1.29 is 22.8 Å². The Kier molecular flexibility index (Phi) is 7.79. The van der Waals surface area contributed by atoms with Gasteiger partial charge in [0, 0.05) is 33.7 Å². The fourth-order valence-electron chi connectivity index (χ4n) is 3.62. The van der Waals surface area contributed by atoms with Crippen molar-refractivity contribution in [3.05, 3.63) is 70.8 Å². The lowest BCUT2D eigenvalue weighted by atomic mass is 10.1. The van der Waals surface area contributed by atoms with Crippen LogP contribution in [-0.2, 0) is 14.6 Å². The molecular weight excluding hydrogens is 574 g/mol. The third kappa shape index (κ3) is 6.65. The lowest BCUT2D eigenvalue weighted by Gasteiger charge is -2.25. The van der Waals surface area contributed by atoms with Gasteiger partial charge in [0.05, 0.1) is 16.1 Å². The zero-order chi connectivity index (χ0) is 27.9. The lowest BCUT2D eigenvalue weighted by molar-refractivity contribution is 0.373. The average Bonchev–Trinajstić information content (AvgIpc) is 3.23. The molecule has 0 amide bonds. The van der Waals surface area contributed by atoms with Crippen molar-refractivity contribution in [2.45, 2.75) is 24.3 Å². The maximum absolute atomic E-state index is 13.5. The Bertz CT molecular complexity index is 1610. The molecule has 202 valence electrons. The summed E-state index contributed by atoms with van der Waals surface area (Å²) >= 11 is 12.0. The van der Waals surface area contributed by atoms with Gasteiger partial charge in [-0.15, -0.1) is 10.2 Å². The number of nitrogens with one attached hydrogen (secondary N) is 1. The van der Waals surface area contributed by atoms with Gasteiger partial charge in [0.15, 0.2) is 5.82 Å². The molecule has 0 fully saturated rings. The van der Waals surface area contributed by atoms with Crippen LogP contribution in [0.2, 0.25) is 10.0 Å². The fourth-order valence-corrected chi connectivity index (χ4v) is 7.03. The summed E-state index contributed by atoms with van der Waals surface area (Å²) < 4.78 is 41.2. The van der Waals surface area contributed by atoms with Crippen LogP contribution in [-0.4, -0.2) is 51.3 Å². The molecule has 0 aliphatic carbocycles. The van der Waals surface area contributed by atoms with E-state index in [1.165, 1.54) is 18.2 Å². The highest BCUT2D eigenvalue weighted by atomic mass is 35.5. The molecule has 0 bridgehead atoms. The van der Waals surface area contributed by atoms with Crippen LogP contribution in [0.1, 0.15) is 13.8 Å². The van der Waals surface area contributed by atoms with E-state index in [0.717, 1.165) is 12.1 Å². The smallest absolute Gasteiger partial charge is 0.345 e. The highest BCUT2D eigenvalue weighted by Crippen LogP contribution is 2.40. The molecule has 2 aromatic heterocycles. The highest BCUT2D eigenvalue weighted by molar-refractivity contribution is 7.93. The summed E-state index contributed by atoms with van der Waals surface area (Å²) in [7, 11) is -9.25. The number of aromatic nitrogens is 3. The third-order valence-corrected chi connectivity index (χ3v) is 8.35. The Morgan fingerprint density at radius 3 is 2.32 bits per heavy atom. The second kappa shape index (κ2) is 10.5. The second-order valence-corrected chi connectivity index (χ2v) is 13.7. The number of anilines is 2. The SMILES string of the molecule is CC(C)(N)CNc1ccc(-n2ccc3cc(N(CP(=O)(O)O)S(=O)(=O)c4cc(Cl)cc(Cl)c4)ccc32)nn1. The molecule has 38 heavy (non-hydrogen) atoms. The van der Waals surface area contributed by atoms with E-state index in [9.17, 15) is 22.8 Å². The van der Waals surface area contributed by atoms with Gasteiger partial charge in [-0.2, -0.15) is 0 Å². The summed E-state index contributed by atoms with van der Waals surface area (Å²) in [5.41, 5.74) is 6.28. The summed E-state index contributed by atoms with van der Waals surface area (Å²) in [4.78, 5) is 19.0. The molecule has 0 aliphatic heterocycles. The predicted molar refractivity (Wildman–Crippen MR) is 149 cm³/mol. The maximum atomic E-state index is 13.5. The van der Waals surface area contributed by atoms with E-state index in [4.69, 9.17) is 28.9 Å². The number of sulfonamides is 1. The molecule has 0 saturated carbocycles. The van der Waals surface area contributed by atoms with Crippen molar-refractivity contribution in [3.8, 4) is 5.82 Å². The van der Waals surface area contributed by atoms with E-state index >= 15 is 0 Å². The van der Waals surface area contributed by atoms with Crippen LogP contribution in [0.4, 0.5) is 11.5 Å². The Morgan fingerprint density at radius 1 is 1.05 bits per heavy atom. The number of hydrogen-bond acceptors (Lipinski definition) is 7. The third-order valence-electron chi connectivity index (χ3n) is 5.32. The molecule has 0 spiro atoms. The monoisotopic (exact) mass is 598 g/mol. The van der Waals surface area contributed by atoms with Gasteiger partial charge in [0.1, 0.15) is 12.1 Å². The van der Waals surface area contributed by atoms with E-state index < -0.39 is 29.4 Å². The molecule has 2 heterocycles. The van der Waals surface area contributed by atoms with Gasteiger partial charge in [0.2, 0.25) is 0 Å². The van der Waals surface area contributed by atoms with Gasteiger partial charge < -0.3 is 20.8 Å². The maximum Gasteiger partial charge on any atom is 0.345 e. The lowest BCUT2D eigenvalue weighted by Crippen LogP contribution is -2.39. The molecule has 4 aromatic rings. The van der Waals surface area contributed by atoms with Crippen molar-refractivity contribution in [2.24, 2.45) is 5.73 Å². The van der Waals surface area contributed by atoms with Gasteiger partial charge in [-0.3, -0.25) is 13.4 Å². The zero-order valence-electron chi connectivity index (χ0n) is 20.3. The molecular formula is C23H25Cl2N6O5PS. The first-order valence-electron chi connectivity index (χ1n) is 11.1. The van der Waals surface area contributed by atoms with Gasteiger partial charge in [-0.1, -0.05) is 23.2 Å². The summed E-state index contributed by atoms with van der Waals surface area (Å²) in [6.45, 7) is 4.28. The standard InChI is InChI=1S/C23H25Cl2N6O5PS/c1-23(2,26)13-27-21-5-6-22(29-28-21)30-8-7-15-9-18(3-4-20(15)30)31(14-37(32,33)34)38(35,36)19-11-16(24)10-17(25)12-19/h3-12H,13-14,26H2,1-2H3,(H,27,28)(H2,32,33,34). The minimum absolute atomic E-state index is 0.0460. The number of halogens is 2. The Balaban J connectivity index is 1.71. The molecule has 0 saturated heterocycles. The minimum Gasteiger partial charge on any atom is -0.367 e. The van der Waals surface area contributed by atoms with Crippen LogP contribution >= 0.6 is 30.8 Å². The van der Waals surface area contributed by atoms with Crippen LogP contribution in [0.25, 0.3) is 16.7 Å². The number of fused-ring (bicyclic) bond motifs is 1. The van der Waals surface area contributed by atoms with E-state index in [0.29, 0.717) is 33.4 Å². The summed E-state index contributed by atoms with van der Waals surface area (Å²) in [5, 5.41) is 12.3. The zero-order valence-corrected chi connectivity index (χ0v) is 23.5. The number of hydrogen-bond donors (Lipinski definition) is 4. The average molecular weight is 599 g/mol. The van der Waals surface area contributed by atoms with Crippen LogP contribution in [0, 0.1) is 0 Å². The first-order chi connectivity index (χ1) is 17.6. The molecule has 11 nitrogen and oxygen atoms in total. The van der Waals surface area contributed by atoms with Crippen molar-refractivity contribution in [3.63, 3.8) is 0 Å². The van der Waals surface area contributed by atoms with Gasteiger partial charge in [0.25, 0.3) is 10.0 Å². The second-order valence-electron chi connectivity index (χ2n) is 9.31. The van der Waals surface area contributed by atoms with Crippen molar-refractivity contribution in [2.75, 3.05) is 22.5 Å². The number of rotatable bonds is 9. The van der Waals surface area contributed by atoms with Crippen molar-refractivity contribution in [1.29, 1.82) is 0 Å². The Morgan fingerprint density at radius 2 is 1.74 bits per heavy atom. The summed E-state index contributed by atoms with van der Waals surface area (Å²) in [6.07, 6.45) is 0.651. The molecule has 0 atom stereocenters. The Hall–Kier alpha value is -2.70. The Labute approximate surface area is 229 Å². The van der Waals surface area contributed by atoms with E-state index in [1.54, 1.807) is 35.0 Å². The normalized spacial score (nSPS) is 12.6. The van der Waals surface area contributed by atoms with Crippen LogP contribution in [0.15, 0.2) is 65.7 Å². The van der Waals surface area contributed by atoms with Crippen LogP contribution < -0.4 is 15.4 Å². The van der Waals surface area contributed by atoms with Gasteiger partial charge >= 0.3 is 7.60 Å². The topological polar surface area (TPSA) is 164 Å². The fraction of sp³-hybridized carbons (Fsp3) is 0.217. The summed E-state index contributed by atoms with van der Waals surface area (Å²) in [6, 6.07) is 13.5. The number of nitrogens with two attached hydrogens (primary N) is 1. The first-order valence-corrected chi connectivity index (χ1v) is 15.1. The van der Waals surface area contributed by atoms with Crippen LogP contribution in [0.5, 0.6) is 0 Å². The molecule has 0 aliphatic rings. The highest BCUT2D eigenvalue weighted by Gasteiger charge is 2.32. The molecule has 2 aromatic carbocycles. The van der Waals surface area contributed by atoms with E-state index in [-0.39, 0.29) is 20.6 Å². The number of benzene rings is 2. The predicted octanol–water partition coefficient (Wildman–Crippen LogP) is 4.21. The van der Waals surface area contributed by atoms with Crippen LogP contribution in [0.3, 0.4) is 0 Å². The van der Waals surface area contributed by atoms with Crippen molar-refractivity contribution in [1.82, 2.24) is 14.8 Å². The quantitative estimate of drug-likeness (QED) is 0.206. The van der Waals surface area contributed by atoms with E-state index in [1.807, 2.05) is 13.8 Å². The van der Waals surface area contributed by atoms with Crippen molar-refractivity contribution >= 4 is 63.2 Å².